The molecule has 0 aromatic carbocycles. The van der Waals surface area contributed by atoms with Gasteiger partial charge in [0.05, 0.1) is 18.5 Å². The van der Waals surface area contributed by atoms with Gasteiger partial charge in [-0.25, -0.2) is 9.78 Å². The first-order chi connectivity index (χ1) is 11.9. The van der Waals surface area contributed by atoms with E-state index in [9.17, 15) is 4.79 Å². The van der Waals surface area contributed by atoms with Gasteiger partial charge in [0.2, 0.25) is 5.71 Å². The van der Waals surface area contributed by atoms with Crippen molar-refractivity contribution in [1.29, 1.82) is 0 Å². The number of ether oxygens (including phenoxy) is 1. The van der Waals surface area contributed by atoms with Crippen LogP contribution in [0.15, 0.2) is 4.42 Å². The molecule has 1 aliphatic heterocycles. The summed E-state index contributed by atoms with van der Waals surface area (Å²) in [6, 6.07) is 0. The maximum atomic E-state index is 12.2. The lowest BCUT2D eigenvalue weighted by Crippen LogP contribution is -2.38. The van der Waals surface area contributed by atoms with Crippen LogP contribution in [0.1, 0.15) is 49.1 Å². The van der Waals surface area contributed by atoms with Crippen LogP contribution in [0.4, 0.5) is 5.82 Å². The maximum absolute atomic E-state index is 12.2. The molecule has 1 saturated heterocycles. The minimum absolute atomic E-state index is 0.262. The number of nitrogen functional groups attached to an aromatic ring is 1. The van der Waals surface area contributed by atoms with E-state index in [1.165, 1.54) is 6.42 Å². The number of nitrogens with zero attached hydrogens (tertiary/aromatic N) is 3. The molecule has 2 N–H and O–H groups in total. The third-order valence-electron chi connectivity index (χ3n) is 4.59. The zero-order chi connectivity index (χ0) is 18.1. The van der Waals surface area contributed by atoms with Crippen molar-refractivity contribution in [3.8, 4) is 0 Å². The van der Waals surface area contributed by atoms with E-state index in [4.69, 9.17) is 14.9 Å². The van der Waals surface area contributed by atoms with Crippen LogP contribution in [0.5, 0.6) is 0 Å². The quantitative estimate of drug-likeness (QED) is 0.851. The van der Waals surface area contributed by atoms with Crippen LogP contribution in [-0.4, -0.2) is 40.5 Å². The Kier molecular flexibility index (Phi) is 4.94. The molecule has 1 aliphatic rings. The average molecular weight is 346 g/mol. The number of furan rings is 1. The molecule has 25 heavy (non-hydrogen) atoms. The van der Waals surface area contributed by atoms with Gasteiger partial charge in [-0.15, -0.1) is 0 Å². The molecule has 0 radical (unpaired) electrons. The Hall–Kier alpha value is -2.15. The molecule has 7 nitrogen and oxygen atoms in total. The van der Waals surface area contributed by atoms with Crippen LogP contribution < -0.4 is 5.73 Å². The number of aryl methyl sites for hydroxylation is 1. The standard InChI is InChI=1S/C18H26N4O3/c1-5-24-18(23)14-12(4)25-17-15(14)16(19)20-13(21-17)9-22-7-10(2)6-11(3)8-22/h10-11H,5-9H2,1-4H3,(H2,19,20,21)/t10-,11+. The number of aromatic nitrogens is 2. The number of fused-ring (bicyclic) bond motifs is 1. The normalized spacial score (nSPS) is 21.6. The van der Waals surface area contributed by atoms with E-state index in [1.807, 2.05) is 0 Å². The highest BCUT2D eigenvalue weighted by atomic mass is 16.5. The summed E-state index contributed by atoms with van der Waals surface area (Å²) in [6.45, 7) is 11.0. The van der Waals surface area contributed by atoms with Gasteiger partial charge in [-0.3, -0.25) is 4.90 Å². The van der Waals surface area contributed by atoms with Crippen molar-refractivity contribution in [1.82, 2.24) is 14.9 Å². The molecule has 2 aromatic heterocycles. The Labute approximate surface area is 147 Å². The molecule has 0 spiro atoms. The molecular weight excluding hydrogens is 320 g/mol. The lowest BCUT2D eigenvalue weighted by molar-refractivity contribution is 0.0526. The van der Waals surface area contributed by atoms with Crippen LogP contribution >= 0.6 is 0 Å². The maximum Gasteiger partial charge on any atom is 0.342 e. The Morgan fingerprint density at radius 3 is 2.64 bits per heavy atom. The second-order valence-electron chi connectivity index (χ2n) is 7.10. The number of carbonyl (C=O) groups is 1. The van der Waals surface area contributed by atoms with Gasteiger partial charge in [-0.2, -0.15) is 4.98 Å². The zero-order valence-electron chi connectivity index (χ0n) is 15.3. The predicted molar refractivity (Wildman–Crippen MR) is 95.1 cm³/mol. The van der Waals surface area contributed by atoms with Gasteiger partial charge in [0.25, 0.3) is 0 Å². The van der Waals surface area contributed by atoms with E-state index in [0.29, 0.717) is 46.6 Å². The number of esters is 1. The van der Waals surface area contributed by atoms with Crippen molar-refractivity contribution in [2.45, 2.75) is 40.7 Å². The van der Waals surface area contributed by atoms with Crippen LogP contribution in [0.3, 0.4) is 0 Å². The first-order valence-corrected chi connectivity index (χ1v) is 8.84. The Morgan fingerprint density at radius 2 is 2.00 bits per heavy atom. The van der Waals surface area contributed by atoms with E-state index in [0.717, 1.165) is 13.1 Å². The monoisotopic (exact) mass is 346 g/mol. The fraction of sp³-hybridized carbons (Fsp3) is 0.611. The van der Waals surface area contributed by atoms with Crippen molar-refractivity contribution in [2.24, 2.45) is 11.8 Å². The van der Waals surface area contributed by atoms with Crippen molar-refractivity contribution in [3.05, 3.63) is 17.1 Å². The number of anilines is 1. The molecule has 1 fully saturated rings. The number of carbonyl (C=O) groups excluding carboxylic acids is 1. The SMILES string of the molecule is CCOC(=O)c1c(C)oc2nc(CN3C[C@H](C)C[C@H](C)C3)nc(N)c12. The molecule has 0 amide bonds. The highest BCUT2D eigenvalue weighted by molar-refractivity contribution is 6.07. The summed E-state index contributed by atoms with van der Waals surface area (Å²) in [5.74, 6) is 2.19. The Morgan fingerprint density at radius 1 is 1.32 bits per heavy atom. The fourth-order valence-corrected chi connectivity index (χ4v) is 3.82. The third-order valence-corrected chi connectivity index (χ3v) is 4.59. The first kappa shape index (κ1) is 17.7. The van der Waals surface area contributed by atoms with Crippen molar-refractivity contribution in [2.75, 3.05) is 25.4 Å². The number of rotatable bonds is 4. The van der Waals surface area contributed by atoms with Gasteiger partial charge < -0.3 is 14.9 Å². The first-order valence-electron chi connectivity index (χ1n) is 8.84. The van der Waals surface area contributed by atoms with Crippen molar-refractivity contribution >= 4 is 22.9 Å². The fourth-order valence-electron chi connectivity index (χ4n) is 3.82. The van der Waals surface area contributed by atoms with Crippen LogP contribution in [-0.2, 0) is 11.3 Å². The predicted octanol–water partition coefficient (Wildman–Crippen LogP) is 2.77. The minimum Gasteiger partial charge on any atom is -0.462 e. The van der Waals surface area contributed by atoms with E-state index < -0.39 is 5.97 Å². The number of piperidine rings is 1. The summed E-state index contributed by atoms with van der Waals surface area (Å²) in [6.07, 6.45) is 1.25. The Bertz CT molecular complexity index is 776. The van der Waals surface area contributed by atoms with Gasteiger partial charge in [-0.05, 0) is 32.1 Å². The third kappa shape index (κ3) is 3.61. The molecule has 136 valence electrons. The highest BCUT2D eigenvalue weighted by Crippen LogP contribution is 2.29. The van der Waals surface area contributed by atoms with E-state index in [-0.39, 0.29) is 12.4 Å². The molecule has 0 unspecified atom stereocenters. The topological polar surface area (TPSA) is 94.5 Å². The molecule has 7 heteroatoms. The summed E-state index contributed by atoms with van der Waals surface area (Å²) >= 11 is 0. The lowest BCUT2D eigenvalue weighted by Gasteiger charge is -2.34. The molecule has 2 atom stereocenters. The highest BCUT2D eigenvalue weighted by Gasteiger charge is 2.26. The van der Waals surface area contributed by atoms with Gasteiger partial charge in [0, 0.05) is 13.1 Å². The molecular formula is C18H26N4O3. The number of likely N-dealkylation sites (tertiary alicyclic amines) is 1. The lowest BCUT2D eigenvalue weighted by atomic mass is 9.92. The summed E-state index contributed by atoms with van der Waals surface area (Å²) in [5, 5.41) is 0.445. The summed E-state index contributed by atoms with van der Waals surface area (Å²) in [5.41, 5.74) is 6.80. The zero-order valence-corrected chi connectivity index (χ0v) is 15.3. The molecule has 0 aliphatic carbocycles. The summed E-state index contributed by atoms with van der Waals surface area (Å²) in [4.78, 5) is 23.4. The number of nitrogens with two attached hydrogens (primary N) is 1. The summed E-state index contributed by atoms with van der Waals surface area (Å²) in [7, 11) is 0. The number of hydrogen-bond donors (Lipinski definition) is 1. The molecule has 3 rings (SSSR count). The molecule has 0 bridgehead atoms. The second-order valence-corrected chi connectivity index (χ2v) is 7.10. The Balaban J connectivity index is 1.91. The van der Waals surface area contributed by atoms with Gasteiger partial charge >= 0.3 is 5.97 Å². The van der Waals surface area contributed by atoms with Crippen molar-refractivity contribution < 1.29 is 13.9 Å². The smallest absolute Gasteiger partial charge is 0.342 e. The van der Waals surface area contributed by atoms with E-state index in [1.54, 1.807) is 13.8 Å². The largest absolute Gasteiger partial charge is 0.462 e. The molecule has 0 saturated carbocycles. The second kappa shape index (κ2) is 7.00. The van der Waals surface area contributed by atoms with E-state index in [2.05, 4.69) is 28.7 Å². The van der Waals surface area contributed by atoms with Gasteiger partial charge in [-0.1, -0.05) is 13.8 Å². The van der Waals surface area contributed by atoms with Crippen molar-refractivity contribution in [3.63, 3.8) is 0 Å². The van der Waals surface area contributed by atoms with Crippen LogP contribution in [0, 0.1) is 18.8 Å². The molecule has 2 aromatic rings. The van der Waals surface area contributed by atoms with E-state index >= 15 is 0 Å². The van der Waals surface area contributed by atoms with Crippen LogP contribution in [0.2, 0.25) is 0 Å². The summed E-state index contributed by atoms with van der Waals surface area (Å²) < 4.78 is 10.8. The minimum atomic E-state index is -0.458. The van der Waals surface area contributed by atoms with Gasteiger partial charge in [0.15, 0.2) is 0 Å². The number of hydrogen-bond acceptors (Lipinski definition) is 7. The molecule has 3 heterocycles. The van der Waals surface area contributed by atoms with Crippen LogP contribution in [0.25, 0.3) is 11.1 Å². The van der Waals surface area contributed by atoms with Gasteiger partial charge in [0.1, 0.15) is 23.0 Å². The average Bonchev–Trinajstić information content (AvgIpc) is 2.83.